The molecule has 1 heteroatoms. The third kappa shape index (κ3) is 6.71. The minimum atomic E-state index is 0.315. The van der Waals surface area contributed by atoms with E-state index in [1.807, 2.05) is 19.9 Å². The second-order valence-electron chi connectivity index (χ2n) is 7.31. The van der Waals surface area contributed by atoms with Crippen LogP contribution in [0.5, 0.6) is 0 Å². The van der Waals surface area contributed by atoms with Gasteiger partial charge in [0.1, 0.15) is 0 Å². The van der Waals surface area contributed by atoms with E-state index < -0.39 is 0 Å². The lowest BCUT2D eigenvalue weighted by atomic mass is 9.75. The van der Waals surface area contributed by atoms with Gasteiger partial charge in [0.25, 0.3) is 0 Å². The number of nitrogens with zero attached hydrogens (tertiary/aromatic N) is 1. The molecular weight excluding hydrogens is 314 g/mol. The van der Waals surface area contributed by atoms with Gasteiger partial charge in [-0.25, -0.2) is 0 Å². The molecule has 0 N–H and O–H groups in total. The van der Waals surface area contributed by atoms with Crippen molar-refractivity contribution < 1.29 is 0 Å². The molecule has 0 saturated heterocycles. The van der Waals surface area contributed by atoms with E-state index in [2.05, 4.69) is 87.7 Å². The highest BCUT2D eigenvalue weighted by Gasteiger charge is 2.24. The summed E-state index contributed by atoms with van der Waals surface area (Å²) in [5.41, 5.74) is 5.64. The van der Waals surface area contributed by atoms with Gasteiger partial charge in [0.05, 0.1) is 0 Å². The number of benzene rings is 1. The van der Waals surface area contributed by atoms with Crippen molar-refractivity contribution in [3.63, 3.8) is 0 Å². The van der Waals surface area contributed by atoms with Crippen LogP contribution in [0.3, 0.4) is 0 Å². The fraction of sp³-hybridized carbons (Fsp3) is 0.440. The molecule has 0 heterocycles. The lowest BCUT2D eigenvalue weighted by molar-refractivity contribution is 0.355. The Morgan fingerprint density at radius 1 is 1.00 bits per heavy atom. The predicted molar refractivity (Wildman–Crippen MR) is 120 cm³/mol. The molecule has 0 fully saturated rings. The third-order valence-electron chi connectivity index (χ3n) is 4.58. The Balaban J connectivity index is 0.00000163. The van der Waals surface area contributed by atoms with Gasteiger partial charge < -0.3 is 4.90 Å². The van der Waals surface area contributed by atoms with E-state index in [9.17, 15) is 0 Å². The Labute approximate surface area is 161 Å². The van der Waals surface area contributed by atoms with Crippen molar-refractivity contribution in [1.29, 1.82) is 0 Å². The van der Waals surface area contributed by atoms with Gasteiger partial charge in [0.15, 0.2) is 0 Å². The van der Waals surface area contributed by atoms with E-state index in [-0.39, 0.29) is 0 Å². The lowest BCUT2D eigenvalue weighted by Gasteiger charge is -2.30. The average Bonchev–Trinajstić information content (AvgIpc) is 2.63. The van der Waals surface area contributed by atoms with Crippen molar-refractivity contribution in [3.8, 4) is 0 Å². The van der Waals surface area contributed by atoms with E-state index >= 15 is 0 Å². The SMILES string of the molecule is C=C/C=C1C=C(/C=C/c2ccc(N(CC)CC)cc2)CC(C)(C)C/1.CC. The Morgan fingerprint density at radius 3 is 2.15 bits per heavy atom. The van der Waals surface area contributed by atoms with Crippen molar-refractivity contribution in [2.24, 2.45) is 5.41 Å². The van der Waals surface area contributed by atoms with E-state index in [1.54, 1.807) is 0 Å². The van der Waals surface area contributed by atoms with Crippen LogP contribution in [0.15, 0.2) is 66.3 Å². The standard InChI is InChI=1S/C23H31N.C2H6/c1-6-9-20-16-21(18-23(4,5)17-20)11-10-19-12-14-22(15-13-19)24(7-2)8-3;1-2/h6,9-16H,1,7-8,17-18H2,2-5H3;1-2H3/b11-10+,20-9-;. The molecular formula is C25H37N. The van der Waals surface area contributed by atoms with Crippen LogP contribution < -0.4 is 4.90 Å². The van der Waals surface area contributed by atoms with Crippen LogP contribution in [0.4, 0.5) is 5.69 Å². The quantitative estimate of drug-likeness (QED) is 0.515. The molecule has 1 aliphatic carbocycles. The predicted octanol–water partition coefficient (Wildman–Crippen LogP) is 7.43. The highest BCUT2D eigenvalue weighted by molar-refractivity contribution is 5.58. The van der Waals surface area contributed by atoms with Crippen LogP contribution in [0.1, 0.15) is 59.9 Å². The topological polar surface area (TPSA) is 3.24 Å². The largest absolute Gasteiger partial charge is 0.372 e. The molecule has 1 nitrogen and oxygen atoms in total. The van der Waals surface area contributed by atoms with Gasteiger partial charge in [-0.1, -0.05) is 76.8 Å². The van der Waals surface area contributed by atoms with Crippen LogP contribution in [0.2, 0.25) is 0 Å². The molecule has 0 atom stereocenters. The number of rotatable bonds is 6. The fourth-order valence-corrected chi connectivity index (χ4v) is 3.46. The van der Waals surface area contributed by atoms with Crippen molar-refractivity contribution in [2.45, 2.75) is 54.4 Å². The summed E-state index contributed by atoms with van der Waals surface area (Å²) in [4.78, 5) is 2.37. The molecule has 0 aromatic heterocycles. The van der Waals surface area contributed by atoms with Crippen LogP contribution in [-0.2, 0) is 0 Å². The van der Waals surface area contributed by atoms with Crippen molar-refractivity contribution in [3.05, 3.63) is 71.9 Å². The summed E-state index contributed by atoms with van der Waals surface area (Å²) in [5.74, 6) is 0. The van der Waals surface area contributed by atoms with Gasteiger partial charge in [0.2, 0.25) is 0 Å². The van der Waals surface area contributed by atoms with Gasteiger partial charge >= 0.3 is 0 Å². The molecule has 1 aromatic carbocycles. The Morgan fingerprint density at radius 2 is 1.62 bits per heavy atom. The molecule has 0 spiro atoms. The van der Waals surface area contributed by atoms with Gasteiger partial charge in [-0.3, -0.25) is 0 Å². The lowest BCUT2D eigenvalue weighted by Crippen LogP contribution is -2.21. The van der Waals surface area contributed by atoms with Gasteiger partial charge in [-0.2, -0.15) is 0 Å². The molecule has 0 saturated carbocycles. The van der Waals surface area contributed by atoms with Crippen LogP contribution >= 0.6 is 0 Å². The minimum Gasteiger partial charge on any atom is -0.372 e. The first-order chi connectivity index (χ1) is 12.5. The van der Waals surface area contributed by atoms with E-state index in [0.29, 0.717) is 5.41 Å². The fourth-order valence-electron chi connectivity index (χ4n) is 3.46. The normalized spacial score (nSPS) is 17.5. The minimum absolute atomic E-state index is 0.315. The summed E-state index contributed by atoms with van der Waals surface area (Å²) in [6, 6.07) is 8.85. The molecule has 0 bridgehead atoms. The van der Waals surface area contributed by atoms with Gasteiger partial charge in [-0.05, 0) is 60.9 Å². The van der Waals surface area contributed by atoms with Crippen molar-refractivity contribution in [2.75, 3.05) is 18.0 Å². The van der Waals surface area contributed by atoms with Crippen molar-refractivity contribution >= 4 is 11.8 Å². The highest BCUT2D eigenvalue weighted by atomic mass is 15.1. The molecule has 142 valence electrons. The summed E-state index contributed by atoms with van der Waals surface area (Å²) in [7, 11) is 0. The maximum Gasteiger partial charge on any atom is 0.0366 e. The number of hydrogen-bond donors (Lipinski definition) is 0. The molecule has 1 aliphatic rings. The summed E-state index contributed by atoms with van der Waals surface area (Å²) < 4.78 is 0. The van der Waals surface area contributed by atoms with Gasteiger partial charge in [-0.15, -0.1) is 0 Å². The number of anilines is 1. The first-order valence-electron chi connectivity index (χ1n) is 10.0. The van der Waals surface area contributed by atoms with Crippen LogP contribution in [-0.4, -0.2) is 13.1 Å². The average molecular weight is 352 g/mol. The van der Waals surface area contributed by atoms with E-state index in [0.717, 1.165) is 25.9 Å². The maximum absolute atomic E-state index is 3.83. The molecule has 2 rings (SSSR count). The Kier molecular flexibility index (Phi) is 9.19. The second-order valence-corrected chi connectivity index (χ2v) is 7.31. The van der Waals surface area contributed by atoms with Crippen LogP contribution in [0.25, 0.3) is 6.08 Å². The zero-order chi connectivity index (χ0) is 19.6. The molecule has 0 unspecified atom stereocenters. The Bertz CT molecular complexity index is 637. The van der Waals surface area contributed by atoms with Crippen molar-refractivity contribution in [1.82, 2.24) is 0 Å². The number of hydrogen-bond acceptors (Lipinski definition) is 1. The summed E-state index contributed by atoms with van der Waals surface area (Å²) in [6.45, 7) is 19.0. The molecule has 0 radical (unpaired) electrons. The molecule has 26 heavy (non-hydrogen) atoms. The smallest absolute Gasteiger partial charge is 0.0366 e. The number of allylic oxidation sites excluding steroid dienone is 6. The summed E-state index contributed by atoms with van der Waals surface area (Å²) >= 11 is 0. The molecule has 0 aliphatic heterocycles. The van der Waals surface area contributed by atoms with Crippen LogP contribution in [0, 0.1) is 5.41 Å². The zero-order valence-electron chi connectivity index (χ0n) is 17.7. The summed E-state index contributed by atoms with van der Waals surface area (Å²) in [6.07, 6.45) is 13.1. The van der Waals surface area contributed by atoms with E-state index in [1.165, 1.54) is 22.4 Å². The zero-order valence-corrected chi connectivity index (χ0v) is 17.7. The maximum atomic E-state index is 3.83. The first-order valence-corrected chi connectivity index (χ1v) is 10.0. The molecule has 1 aromatic rings. The Hall–Kier alpha value is -2.02. The summed E-state index contributed by atoms with van der Waals surface area (Å²) in [5, 5.41) is 0. The first kappa shape index (κ1) is 22.0. The molecule has 0 amide bonds. The highest BCUT2D eigenvalue weighted by Crippen LogP contribution is 2.38. The second kappa shape index (κ2) is 10.9. The van der Waals surface area contributed by atoms with E-state index in [4.69, 9.17) is 0 Å². The van der Waals surface area contributed by atoms with Gasteiger partial charge in [0, 0.05) is 18.8 Å². The third-order valence-corrected chi connectivity index (χ3v) is 4.58. The monoisotopic (exact) mass is 351 g/mol.